The van der Waals surface area contributed by atoms with Crippen molar-refractivity contribution in [3.63, 3.8) is 0 Å². The molecule has 120 valence electrons. The van der Waals surface area contributed by atoms with E-state index in [-0.39, 0.29) is 11.5 Å². The SMILES string of the molecule is O=C(O)c1cc([N+](=O)[O-])ccc1Oc1ccc(C(F)(F)F)cc1. The Hall–Kier alpha value is -3.10. The smallest absolute Gasteiger partial charge is 0.416 e. The van der Waals surface area contributed by atoms with Crippen LogP contribution in [0.4, 0.5) is 18.9 Å². The molecule has 23 heavy (non-hydrogen) atoms. The topological polar surface area (TPSA) is 89.7 Å². The highest BCUT2D eigenvalue weighted by Gasteiger charge is 2.30. The molecule has 2 rings (SSSR count). The number of hydrogen-bond acceptors (Lipinski definition) is 4. The molecular weight excluding hydrogens is 319 g/mol. The second-order valence-corrected chi connectivity index (χ2v) is 4.37. The van der Waals surface area contributed by atoms with Crippen molar-refractivity contribution in [1.82, 2.24) is 0 Å². The molecule has 0 spiro atoms. The van der Waals surface area contributed by atoms with Crippen LogP contribution < -0.4 is 4.74 Å². The summed E-state index contributed by atoms with van der Waals surface area (Å²) in [5, 5.41) is 19.7. The van der Waals surface area contributed by atoms with Gasteiger partial charge < -0.3 is 9.84 Å². The van der Waals surface area contributed by atoms with Crippen molar-refractivity contribution in [1.29, 1.82) is 0 Å². The summed E-state index contributed by atoms with van der Waals surface area (Å²) in [7, 11) is 0. The number of carboxylic acid groups (broad SMARTS) is 1. The van der Waals surface area contributed by atoms with Crippen LogP contribution in [0, 0.1) is 10.1 Å². The first-order valence-electron chi connectivity index (χ1n) is 6.05. The molecule has 0 atom stereocenters. The quantitative estimate of drug-likeness (QED) is 0.674. The van der Waals surface area contributed by atoms with Crippen molar-refractivity contribution in [3.05, 3.63) is 63.7 Å². The monoisotopic (exact) mass is 327 g/mol. The van der Waals surface area contributed by atoms with Crippen molar-refractivity contribution in [2.75, 3.05) is 0 Å². The number of ether oxygens (including phenoxy) is 1. The van der Waals surface area contributed by atoms with Crippen molar-refractivity contribution in [3.8, 4) is 11.5 Å². The molecule has 0 aliphatic rings. The molecule has 0 fully saturated rings. The molecule has 0 heterocycles. The first kappa shape index (κ1) is 16.3. The fraction of sp³-hybridized carbons (Fsp3) is 0.0714. The molecule has 0 amide bonds. The summed E-state index contributed by atoms with van der Waals surface area (Å²) in [6.07, 6.45) is -4.50. The summed E-state index contributed by atoms with van der Waals surface area (Å²) in [5.74, 6) is -1.71. The van der Waals surface area contributed by atoms with Gasteiger partial charge in [-0.15, -0.1) is 0 Å². The standard InChI is InChI=1S/C14H8F3NO5/c15-14(16,17)8-1-4-10(5-2-8)23-12-6-3-9(18(21)22)7-11(12)13(19)20/h1-7H,(H,19,20). The number of nitrogens with zero attached hydrogens (tertiary/aromatic N) is 1. The molecule has 0 aromatic heterocycles. The van der Waals surface area contributed by atoms with Crippen LogP contribution in [-0.4, -0.2) is 16.0 Å². The van der Waals surface area contributed by atoms with Crippen molar-refractivity contribution >= 4 is 11.7 Å². The molecule has 0 saturated heterocycles. The highest BCUT2D eigenvalue weighted by molar-refractivity contribution is 5.91. The van der Waals surface area contributed by atoms with Gasteiger partial charge in [0.15, 0.2) is 0 Å². The zero-order valence-corrected chi connectivity index (χ0v) is 11.2. The van der Waals surface area contributed by atoms with Crippen LogP contribution in [-0.2, 0) is 6.18 Å². The van der Waals surface area contributed by atoms with E-state index in [2.05, 4.69) is 0 Å². The summed E-state index contributed by atoms with van der Waals surface area (Å²) < 4.78 is 42.6. The number of nitro benzene ring substituents is 1. The second-order valence-electron chi connectivity index (χ2n) is 4.37. The lowest BCUT2D eigenvalue weighted by Gasteiger charge is -2.10. The maximum absolute atomic E-state index is 12.5. The number of carboxylic acids is 1. The molecule has 0 aliphatic heterocycles. The maximum atomic E-state index is 12.5. The largest absolute Gasteiger partial charge is 0.478 e. The minimum atomic E-state index is -4.50. The van der Waals surface area contributed by atoms with Crippen LogP contribution in [0.1, 0.15) is 15.9 Å². The first-order valence-corrected chi connectivity index (χ1v) is 6.05. The van der Waals surface area contributed by atoms with Crippen LogP contribution in [0.5, 0.6) is 11.5 Å². The van der Waals surface area contributed by atoms with Gasteiger partial charge in [0.25, 0.3) is 5.69 Å². The normalized spacial score (nSPS) is 11.1. The molecule has 0 radical (unpaired) electrons. The van der Waals surface area contributed by atoms with Crippen LogP contribution in [0.2, 0.25) is 0 Å². The third-order valence-corrected chi connectivity index (χ3v) is 2.81. The number of rotatable bonds is 4. The number of hydrogen-bond donors (Lipinski definition) is 1. The van der Waals surface area contributed by atoms with Gasteiger partial charge in [0, 0.05) is 12.1 Å². The van der Waals surface area contributed by atoms with E-state index in [1.54, 1.807) is 0 Å². The van der Waals surface area contributed by atoms with Gasteiger partial charge in [0.05, 0.1) is 10.5 Å². The van der Waals surface area contributed by atoms with E-state index in [4.69, 9.17) is 9.84 Å². The zero-order valence-electron chi connectivity index (χ0n) is 11.2. The third-order valence-electron chi connectivity index (χ3n) is 2.81. The Balaban J connectivity index is 2.32. The number of alkyl halides is 3. The summed E-state index contributed by atoms with van der Waals surface area (Å²) in [6, 6.07) is 6.51. The zero-order chi connectivity index (χ0) is 17.2. The van der Waals surface area contributed by atoms with Gasteiger partial charge in [-0.05, 0) is 30.3 Å². The highest BCUT2D eigenvalue weighted by atomic mass is 19.4. The van der Waals surface area contributed by atoms with Crippen LogP contribution in [0.15, 0.2) is 42.5 Å². The molecule has 0 aliphatic carbocycles. The third kappa shape index (κ3) is 3.76. The molecule has 6 nitrogen and oxygen atoms in total. The second kappa shape index (κ2) is 5.95. The average molecular weight is 327 g/mol. The first-order chi connectivity index (χ1) is 10.7. The Morgan fingerprint density at radius 1 is 1.13 bits per heavy atom. The van der Waals surface area contributed by atoms with Crippen molar-refractivity contribution < 1.29 is 32.7 Å². The molecule has 2 aromatic rings. The van der Waals surface area contributed by atoms with Gasteiger partial charge in [-0.2, -0.15) is 13.2 Å². The van der Waals surface area contributed by atoms with Gasteiger partial charge >= 0.3 is 12.1 Å². The summed E-state index contributed by atoms with van der Waals surface area (Å²) >= 11 is 0. The van der Waals surface area contributed by atoms with Crippen LogP contribution in [0.3, 0.4) is 0 Å². The van der Waals surface area contributed by atoms with Crippen LogP contribution >= 0.6 is 0 Å². The minimum Gasteiger partial charge on any atom is -0.478 e. The average Bonchev–Trinajstić information content (AvgIpc) is 2.46. The van der Waals surface area contributed by atoms with E-state index in [9.17, 15) is 28.1 Å². The fourth-order valence-electron chi connectivity index (χ4n) is 1.73. The van der Waals surface area contributed by atoms with E-state index in [0.717, 1.165) is 42.5 Å². The minimum absolute atomic E-state index is 0.0330. The van der Waals surface area contributed by atoms with Gasteiger partial charge in [-0.1, -0.05) is 0 Å². The van der Waals surface area contributed by atoms with Gasteiger partial charge in [0.2, 0.25) is 0 Å². The lowest BCUT2D eigenvalue weighted by Crippen LogP contribution is -2.04. The van der Waals surface area contributed by atoms with E-state index >= 15 is 0 Å². The Morgan fingerprint density at radius 2 is 1.74 bits per heavy atom. The van der Waals surface area contributed by atoms with Gasteiger partial charge in [0.1, 0.15) is 17.1 Å². The number of aromatic carboxylic acids is 1. The Bertz CT molecular complexity index is 756. The predicted molar refractivity (Wildman–Crippen MR) is 71.6 cm³/mol. The molecule has 0 unspecified atom stereocenters. The van der Waals surface area contributed by atoms with E-state index < -0.39 is 33.9 Å². The van der Waals surface area contributed by atoms with Crippen LogP contribution in [0.25, 0.3) is 0 Å². The molecule has 9 heteroatoms. The molecule has 0 saturated carbocycles. The lowest BCUT2D eigenvalue weighted by molar-refractivity contribution is -0.384. The molecule has 0 bridgehead atoms. The predicted octanol–water partition coefficient (Wildman–Crippen LogP) is 4.10. The number of non-ortho nitro benzene ring substituents is 1. The Morgan fingerprint density at radius 3 is 2.22 bits per heavy atom. The summed E-state index contributed by atoms with van der Waals surface area (Å²) in [5.41, 5.74) is -1.80. The van der Waals surface area contributed by atoms with E-state index in [1.807, 2.05) is 0 Å². The summed E-state index contributed by atoms with van der Waals surface area (Å²) in [6.45, 7) is 0. The number of nitro groups is 1. The van der Waals surface area contributed by atoms with E-state index in [1.165, 1.54) is 0 Å². The lowest BCUT2D eigenvalue weighted by atomic mass is 10.1. The Labute approximate surface area is 126 Å². The molecular formula is C14H8F3NO5. The van der Waals surface area contributed by atoms with Gasteiger partial charge in [-0.25, -0.2) is 4.79 Å². The maximum Gasteiger partial charge on any atom is 0.416 e. The fourth-order valence-corrected chi connectivity index (χ4v) is 1.73. The van der Waals surface area contributed by atoms with E-state index in [0.29, 0.717) is 0 Å². The molecule has 2 aromatic carbocycles. The number of benzene rings is 2. The highest BCUT2D eigenvalue weighted by Crippen LogP contribution is 2.33. The Kier molecular flexibility index (Phi) is 4.21. The number of carbonyl (C=O) groups is 1. The van der Waals surface area contributed by atoms with Crippen molar-refractivity contribution in [2.24, 2.45) is 0 Å². The molecule has 1 N–H and O–H groups in total. The summed E-state index contributed by atoms with van der Waals surface area (Å²) in [4.78, 5) is 21.0. The number of halogens is 3. The van der Waals surface area contributed by atoms with Crippen molar-refractivity contribution in [2.45, 2.75) is 6.18 Å². The van der Waals surface area contributed by atoms with Gasteiger partial charge in [-0.3, -0.25) is 10.1 Å².